The molecule has 140 valence electrons. The lowest BCUT2D eigenvalue weighted by molar-refractivity contribution is 0.0892. The summed E-state index contributed by atoms with van der Waals surface area (Å²) in [5.74, 6) is 1.27. The Morgan fingerprint density at radius 2 is 2.00 bits per heavy atom. The Kier molecular flexibility index (Phi) is 3.33. The second-order valence-electron chi connectivity index (χ2n) is 7.63. The molecule has 1 saturated carbocycles. The van der Waals surface area contributed by atoms with Gasteiger partial charge in [-0.05, 0) is 43.2 Å². The summed E-state index contributed by atoms with van der Waals surface area (Å²) in [5, 5.41) is 6.13. The molecule has 2 aliphatic heterocycles. The third kappa shape index (κ3) is 2.34. The summed E-state index contributed by atoms with van der Waals surface area (Å²) in [5.41, 5.74) is 6.32. The van der Waals surface area contributed by atoms with Crippen molar-refractivity contribution in [2.75, 3.05) is 24.3 Å². The molecule has 9 nitrogen and oxygen atoms in total. The summed E-state index contributed by atoms with van der Waals surface area (Å²) in [4.78, 5) is 34.0. The van der Waals surface area contributed by atoms with Crippen molar-refractivity contribution in [1.29, 1.82) is 0 Å². The number of nitrogens with one attached hydrogen (secondary N) is 2. The molecule has 0 aromatic carbocycles. The van der Waals surface area contributed by atoms with E-state index in [2.05, 4.69) is 20.6 Å². The number of carbonyl (C=O) groups is 1. The zero-order valence-corrected chi connectivity index (χ0v) is 14.9. The van der Waals surface area contributed by atoms with Gasteiger partial charge < -0.3 is 21.1 Å². The number of aryl methyl sites for hydroxylation is 1. The molecule has 1 saturated heterocycles. The van der Waals surface area contributed by atoms with Crippen LogP contribution in [0.4, 0.5) is 17.3 Å². The predicted molar refractivity (Wildman–Crippen MR) is 97.6 cm³/mol. The summed E-state index contributed by atoms with van der Waals surface area (Å²) in [6.45, 7) is 3.20. The van der Waals surface area contributed by atoms with E-state index in [-0.39, 0.29) is 11.5 Å². The number of carbonyl (C=O) groups excluding carboxylic acids is 1. The number of amides is 1. The molecule has 0 radical (unpaired) electrons. The molecule has 0 bridgehead atoms. The number of nitrogen functional groups attached to an aromatic ring is 1. The van der Waals surface area contributed by atoms with Gasteiger partial charge in [-0.3, -0.25) is 14.2 Å². The lowest BCUT2D eigenvalue weighted by Gasteiger charge is -2.28. The molecular weight excluding hydrogens is 348 g/mol. The van der Waals surface area contributed by atoms with Gasteiger partial charge in [0.05, 0.1) is 0 Å². The molecule has 3 atom stereocenters. The number of hydrogen-bond donors (Lipinski definition) is 3. The lowest BCUT2D eigenvalue weighted by Crippen LogP contribution is -2.46. The van der Waals surface area contributed by atoms with Crippen molar-refractivity contribution < 1.29 is 9.53 Å². The van der Waals surface area contributed by atoms with E-state index in [0.717, 1.165) is 5.56 Å². The van der Waals surface area contributed by atoms with Gasteiger partial charge >= 0.3 is 0 Å². The highest BCUT2D eigenvalue weighted by molar-refractivity contribution is 5.97. The largest absolute Gasteiger partial charge is 0.384 e. The molecule has 3 aliphatic rings. The van der Waals surface area contributed by atoms with Gasteiger partial charge in [-0.1, -0.05) is 0 Å². The van der Waals surface area contributed by atoms with Crippen molar-refractivity contribution in [3.05, 3.63) is 40.1 Å². The number of rotatable bonds is 2. The van der Waals surface area contributed by atoms with Crippen molar-refractivity contribution in [1.82, 2.24) is 19.9 Å². The van der Waals surface area contributed by atoms with E-state index >= 15 is 0 Å². The quantitative estimate of drug-likeness (QED) is 0.713. The third-order valence-corrected chi connectivity index (χ3v) is 5.86. The maximum Gasteiger partial charge on any atom is 0.276 e. The standard InChI is InChI=1S/C18H20N6O3/c1-9-2-12(22-14-3-13(19)20-8-21-14)17(26)24-15(9)16(25)23-18(24)4-10-6-27-7-11(10)5-18/h2-3,8,10-11H,4-7H2,1H3,(H,23,25)(H3,19,20,21,22)/t10-,11+,18?. The lowest BCUT2D eigenvalue weighted by atomic mass is 10.0. The number of ether oxygens (including phenoxy) is 1. The van der Waals surface area contributed by atoms with E-state index in [4.69, 9.17) is 10.5 Å². The molecule has 1 unspecified atom stereocenters. The molecule has 5 rings (SSSR count). The van der Waals surface area contributed by atoms with Crippen molar-refractivity contribution in [3.63, 3.8) is 0 Å². The number of aromatic nitrogens is 3. The van der Waals surface area contributed by atoms with Gasteiger partial charge in [0, 0.05) is 19.3 Å². The molecule has 1 spiro atoms. The first-order valence-corrected chi connectivity index (χ1v) is 8.99. The van der Waals surface area contributed by atoms with Gasteiger partial charge in [-0.2, -0.15) is 0 Å². The first-order chi connectivity index (χ1) is 13.0. The monoisotopic (exact) mass is 368 g/mol. The summed E-state index contributed by atoms with van der Waals surface area (Å²) < 4.78 is 7.21. The molecule has 4 heterocycles. The summed E-state index contributed by atoms with van der Waals surface area (Å²) in [6, 6.07) is 3.24. The maximum atomic E-state index is 13.3. The van der Waals surface area contributed by atoms with Gasteiger partial charge in [0.25, 0.3) is 11.5 Å². The van der Waals surface area contributed by atoms with Crippen LogP contribution >= 0.6 is 0 Å². The fourth-order valence-electron chi connectivity index (χ4n) is 4.76. The Hall–Kier alpha value is -2.94. The van der Waals surface area contributed by atoms with Crippen LogP contribution in [0.5, 0.6) is 0 Å². The molecule has 1 amide bonds. The minimum atomic E-state index is -0.671. The van der Waals surface area contributed by atoms with E-state index in [1.54, 1.807) is 16.7 Å². The van der Waals surface area contributed by atoms with Crippen LogP contribution in [-0.2, 0) is 10.4 Å². The summed E-state index contributed by atoms with van der Waals surface area (Å²) >= 11 is 0. The predicted octanol–water partition coefficient (Wildman–Crippen LogP) is 0.725. The van der Waals surface area contributed by atoms with Crippen LogP contribution in [-0.4, -0.2) is 33.7 Å². The molecule has 2 aromatic rings. The van der Waals surface area contributed by atoms with Crippen LogP contribution in [0.2, 0.25) is 0 Å². The minimum absolute atomic E-state index is 0.191. The molecule has 4 N–H and O–H groups in total. The zero-order valence-electron chi connectivity index (χ0n) is 14.9. The normalized spacial score (nSPS) is 28.3. The maximum absolute atomic E-state index is 13.3. The molecule has 2 fully saturated rings. The number of nitrogens with zero attached hydrogens (tertiary/aromatic N) is 3. The zero-order chi connectivity index (χ0) is 18.8. The van der Waals surface area contributed by atoms with Crippen molar-refractivity contribution in [3.8, 4) is 0 Å². The van der Waals surface area contributed by atoms with Gasteiger partial charge in [-0.15, -0.1) is 0 Å². The first kappa shape index (κ1) is 16.2. The van der Waals surface area contributed by atoms with Crippen molar-refractivity contribution in [2.45, 2.75) is 25.4 Å². The van der Waals surface area contributed by atoms with E-state index in [0.29, 0.717) is 60.9 Å². The Labute approximate surface area is 155 Å². The SMILES string of the molecule is Cc1cc(Nc2cc(N)ncn2)c(=O)n2c1C(=O)NC21C[C@H]2COC[C@H]2C1. The molecule has 1 aliphatic carbocycles. The molecule has 9 heteroatoms. The fraction of sp³-hybridized carbons (Fsp3) is 0.444. The first-order valence-electron chi connectivity index (χ1n) is 8.99. The van der Waals surface area contributed by atoms with Crippen LogP contribution in [0.1, 0.15) is 28.9 Å². The Morgan fingerprint density at radius 3 is 2.70 bits per heavy atom. The van der Waals surface area contributed by atoms with Crippen LogP contribution in [0.25, 0.3) is 0 Å². The van der Waals surface area contributed by atoms with Gasteiger partial charge in [0.15, 0.2) is 0 Å². The van der Waals surface area contributed by atoms with Crippen LogP contribution in [0, 0.1) is 18.8 Å². The molecule has 2 aromatic heterocycles. The number of anilines is 3. The average molecular weight is 368 g/mol. The second kappa shape index (κ2) is 5.53. The number of hydrogen-bond acceptors (Lipinski definition) is 7. The highest BCUT2D eigenvalue weighted by Crippen LogP contribution is 2.47. The number of nitrogens with two attached hydrogens (primary N) is 1. The third-order valence-electron chi connectivity index (χ3n) is 5.86. The van der Waals surface area contributed by atoms with E-state index in [9.17, 15) is 9.59 Å². The highest BCUT2D eigenvalue weighted by Gasteiger charge is 2.54. The number of fused-ring (bicyclic) bond motifs is 3. The van der Waals surface area contributed by atoms with Crippen LogP contribution < -0.4 is 21.9 Å². The molecule has 27 heavy (non-hydrogen) atoms. The van der Waals surface area contributed by atoms with Crippen LogP contribution in [0.3, 0.4) is 0 Å². The van der Waals surface area contributed by atoms with Crippen molar-refractivity contribution >= 4 is 23.2 Å². The highest BCUT2D eigenvalue weighted by atomic mass is 16.5. The smallest absolute Gasteiger partial charge is 0.276 e. The average Bonchev–Trinajstić information content (AvgIpc) is 3.25. The topological polar surface area (TPSA) is 124 Å². The van der Waals surface area contributed by atoms with E-state index in [1.807, 2.05) is 6.92 Å². The van der Waals surface area contributed by atoms with Gasteiger partial charge in [0.1, 0.15) is 35.0 Å². The number of pyridine rings is 1. The van der Waals surface area contributed by atoms with Gasteiger partial charge in [-0.25, -0.2) is 9.97 Å². The minimum Gasteiger partial charge on any atom is -0.384 e. The summed E-state index contributed by atoms with van der Waals surface area (Å²) in [7, 11) is 0. The Balaban J connectivity index is 1.62. The van der Waals surface area contributed by atoms with Crippen molar-refractivity contribution in [2.24, 2.45) is 11.8 Å². The van der Waals surface area contributed by atoms with Crippen LogP contribution in [0.15, 0.2) is 23.3 Å². The second-order valence-corrected chi connectivity index (χ2v) is 7.63. The van der Waals surface area contributed by atoms with Gasteiger partial charge in [0.2, 0.25) is 0 Å². The van der Waals surface area contributed by atoms with E-state index < -0.39 is 5.66 Å². The summed E-state index contributed by atoms with van der Waals surface area (Å²) in [6.07, 6.45) is 2.75. The molecular formula is C18H20N6O3. The van der Waals surface area contributed by atoms with E-state index in [1.165, 1.54) is 6.33 Å². The Morgan fingerprint density at radius 1 is 1.26 bits per heavy atom. The Bertz CT molecular complexity index is 1000. The fourth-order valence-corrected chi connectivity index (χ4v) is 4.76.